The van der Waals surface area contributed by atoms with E-state index in [1.54, 1.807) is 59.5 Å². The van der Waals surface area contributed by atoms with E-state index in [-0.39, 0.29) is 30.5 Å². The van der Waals surface area contributed by atoms with E-state index < -0.39 is 10.0 Å². The number of aldehydes is 1. The lowest BCUT2D eigenvalue weighted by Gasteiger charge is -2.33. The Morgan fingerprint density at radius 2 is 1.70 bits per heavy atom. The number of sulfonamides is 1. The maximum Gasteiger partial charge on any atom is 0.260 e. The number of amides is 1. The zero-order valence-electron chi connectivity index (χ0n) is 14.7. The molecule has 0 bridgehead atoms. The second kappa shape index (κ2) is 8.32. The Kier molecular flexibility index (Phi) is 5.88. The minimum atomic E-state index is -3.54. The smallest absolute Gasteiger partial charge is 0.260 e. The summed E-state index contributed by atoms with van der Waals surface area (Å²) in [5, 5.41) is 0. The Morgan fingerprint density at radius 3 is 2.37 bits per heavy atom. The quantitative estimate of drug-likeness (QED) is 0.699. The SMILES string of the molecule is O=Cc1cccc(OCC(=O)N2CCN(S(=O)(=O)c3ccccc3)CC2)c1. The summed E-state index contributed by atoms with van der Waals surface area (Å²) in [6, 6.07) is 14.8. The number of rotatable bonds is 6. The lowest BCUT2D eigenvalue weighted by Crippen LogP contribution is -2.51. The number of hydrogen-bond acceptors (Lipinski definition) is 5. The van der Waals surface area contributed by atoms with Gasteiger partial charge >= 0.3 is 0 Å². The van der Waals surface area contributed by atoms with Crippen molar-refractivity contribution in [3.8, 4) is 5.75 Å². The maximum absolute atomic E-state index is 12.6. The molecule has 27 heavy (non-hydrogen) atoms. The molecule has 1 aliphatic rings. The Bertz CT molecular complexity index is 907. The van der Waals surface area contributed by atoms with Gasteiger partial charge in [-0.25, -0.2) is 8.42 Å². The van der Waals surface area contributed by atoms with E-state index in [0.717, 1.165) is 0 Å². The average Bonchev–Trinajstić information content (AvgIpc) is 2.73. The molecule has 1 fully saturated rings. The van der Waals surface area contributed by atoms with Crippen LogP contribution in [0.5, 0.6) is 5.75 Å². The molecule has 7 nitrogen and oxygen atoms in total. The van der Waals surface area contributed by atoms with Crippen LogP contribution in [0.4, 0.5) is 0 Å². The molecule has 0 unspecified atom stereocenters. The normalized spacial score (nSPS) is 15.3. The van der Waals surface area contributed by atoms with Crippen molar-refractivity contribution in [2.45, 2.75) is 4.90 Å². The molecule has 0 saturated carbocycles. The fraction of sp³-hybridized carbons (Fsp3) is 0.263. The summed E-state index contributed by atoms with van der Waals surface area (Å²) in [6.07, 6.45) is 0.709. The van der Waals surface area contributed by atoms with Crippen LogP contribution >= 0.6 is 0 Å². The summed E-state index contributed by atoms with van der Waals surface area (Å²) in [4.78, 5) is 24.9. The largest absolute Gasteiger partial charge is 0.484 e. The molecule has 1 saturated heterocycles. The predicted octanol–water partition coefficient (Wildman–Crippen LogP) is 1.41. The van der Waals surface area contributed by atoms with Crippen LogP contribution in [0.2, 0.25) is 0 Å². The van der Waals surface area contributed by atoms with Gasteiger partial charge in [-0.15, -0.1) is 0 Å². The van der Waals surface area contributed by atoms with Gasteiger partial charge in [0.25, 0.3) is 5.91 Å². The maximum atomic E-state index is 12.6. The van der Waals surface area contributed by atoms with Gasteiger partial charge in [0.2, 0.25) is 10.0 Å². The number of ether oxygens (including phenoxy) is 1. The standard InChI is InChI=1S/C19H20N2O5S/c22-14-16-5-4-6-17(13-16)26-15-19(23)20-9-11-21(12-10-20)27(24,25)18-7-2-1-3-8-18/h1-8,13-14H,9-12,15H2. The second-order valence-corrected chi connectivity index (χ2v) is 8.01. The van der Waals surface area contributed by atoms with E-state index in [1.165, 1.54) is 4.31 Å². The summed E-state index contributed by atoms with van der Waals surface area (Å²) in [6.45, 7) is 0.937. The van der Waals surface area contributed by atoms with Gasteiger partial charge in [-0.1, -0.05) is 30.3 Å². The zero-order valence-corrected chi connectivity index (χ0v) is 15.5. The molecule has 0 spiro atoms. The van der Waals surface area contributed by atoms with Gasteiger partial charge < -0.3 is 9.64 Å². The third-order valence-electron chi connectivity index (χ3n) is 4.33. The molecule has 0 N–H and O–H groups in total. The number of benzene rings is 2. The van der Waals surface area contributed by atoms with E-state index >= 15 is 0 Å². The van der Waals surface area contributed by atoms with Crippen LogP contribution in [0.3, 0.4) is 0 Å². The first kappa shape index (κ1) is 19.1. The highest BCUT2D eigenvalue weighted by Gasteiger charge is 2.30. The Morgan fingerprint density at radius 1 is 1.00 bits per heavy atom. The zero-order chi connectivity index (χ0) is 19.3. The lowest BCUT2D eigenvalue weighted by molar-refractivity contribution is -0.134. The van der Waals surface area contributed by atoms with Crippen molar-refractivity contribution in [2.24, 2.45) is 0 Å². The van der Waals surface area contributed by atoms with Crippen LogP contribution < -0.4 is 4.74 Å². The highest BCUT2D eigenvalue weighted by atomic mass is 32.2. The first-order valence-corrected chi connectivity index (χ1v) is 9.96. The minimum Gasteiger partial charge on any atom is -0.484 e. The van der Waals surface area contributed by atoms with E-state index in [9.17, 15) is 18.0 Å². The molecule has 1 amide bonds. The molecule has 8 heteroatoms. The van der Waals surface area contributed by atoms with Crippen LogP contribution in [-0.4, -0.2) is 62.6 Å². The summed E-state index contributed by atoms with van der Waals surface area (Å²) < 4.78 is 32.0. The molecule has 2 aromatic rings. The van der Waals surface area contributed by atoms with Crippen molar-refractivity contribution in [3.05, 3.63) is 60.2 Å². The summed E-state index contributed by atoms with van der Waals surface area (Å²) in [5.74, 6) is 0.224. The van der Waals surface area contributed by atoms with E-state index in [2.05, 4.69) is 0 Å². The van der Waals surface area contributed by atoms with Gasteiger partial charge in [0.15, 0.2) is 6.61 Å². The fourth-order valence-electron chi connectivity index (χ4n) is 2.83. The molecule has 0 atom stereocenters. The Balaban J connectivity index is 1.54. The van der Waals surface area contributed by atoms with Crippen LogP contribution in [0.15, 0.2) is 59.5 Å². The Hall–Kier alpha value is -2.71. The highest BCUT2D eigenvalue weighted by molar-refractivity contribution is 7.89. The molecule has 0 aliphatic carbocycles. The first-order valence-electron chi connectivity index (χ1n) is 8.52. The number of hydrogen-bond donors (Lipinski definition) is 0. The van der Waals surface area contributed by atoms with Crippen molar-refractivity contribution < 1.29 is 22.7 Å². The highest BCUT2D eigenvalue weighted by Crippen LogP contribution is 2.17. The lowest BCUT2D eigenvalue weighted by atomic mass is 10.2. The molecule has 1 aliphatic heterocycles. The summed E-state index contributed by atoms with van der Waals surface area (Å²) in [5.41, 5.74) is 0.472. The van der Waals surface area contributed by atoms with Crippen LogP contribution in [0, 0.1) is 0 Å². The molecular weight excluding hydrogens is 368 g/mol. The number of piperazine rings is 1. The van der Waals surface area contributed by atoms with Crippen LogP contribution in [-0.2, 0) is 14.8 Å². The van der Waals surface area contributed by atoms with Gasteiger partial charge in [-0.3, -0.25) is 9.59 Å². The van der Waals surface area contributed by atoms with Gasteiger partial charge in [0, 0.05) is 31.7 Å². The Labute approximate surface area is 158 Å². The van der Waals surface area contributed by atoms with E-state index in [4.69, 9.17) is 4.74 Å². The first-order chi connectivity index (χ1) is 13.0. The molecule has 2 aromatic carbocycles. The van der Waals surface area contributed by atoms with E-state index in [1.807, 2.05) is 0 Å². The molecule has 3 rings (SSSR count). The van der Waals surface area contributed by atoms with Crippen molar-refractivity contribution in [1.29, 1.82) is 0 Å². The number of carbonyl (C=O) groups is 2. The van der Waals surface area contributed by atoms with Gasteiger partial charge in [0.1, 0.15) is 12.0 Å². The van der Waals surface area contributed by atoms with Gasteiger partial charge in [-0.05, 0) is 24.3 Å². The summed E-state index contributed by atoms with van der Waals surface area (Å²) >= 11 is 0. The molecular formula is C19H20N2O5S. The third-order valence-corrected chi connectivity index (χ3v) is 6.24. The number of nitrogens with zero attached hydrogens (tertiary/aromatic N) is 2. The molecule has 0 radical (unpaired) electrons. The average molecular weight is 388 g/mol. The number of carbonyl (C=O) groups excluding carboxylic acids is 2. The van der Waals surface area contributed by atoms with Crippen molar-refractivity contribution in [3.63, 3.8) is 0 Å². The summed E-state index contributed by atoms with van der Waals surface area (Å²) in [7, 11) is -3.54. The van der Waals surface area contributed by atoms with Gasteiger partial charge in [-0.2, -0.15) is 4.31 Å². The predicted molar refractivity (Wildman–Crippen MR) is 99.1 cm³/mol. The van der Waals surface area contributed by atoms with Gasteiger partial charge in [0.05, 0.1) is 4.90 Å². The van der Waals surface area contributed by atoms with Crippen molar-refractivity contribution in [2.75, 3.05) is 32.8 Å². The third kappa shape index (κ3) is 4.53. The van der Waals surface area contributed by atoms with Crippen LogP contribution in [0.25, 0.3) is 0 Å². The fourth-order valence-corrected chi connectivity index (χ4v) is 4.28. The minimum absolute atomic E-state index is 0.159. The van der Waals surface area contributed by atoms with Crippen molar-refractivity contribution in [1.82, 2.24) is 9.21 Å². The van der Waals surface area contributed by atoms with Crippen LogP contribution in [0.1, 0.15) is 10.4 Å². The molecule has 0 aromatic heterocycles. The van der Waals surface area contributed by atoms with Crippen molar-refractivity contribution >= 4 is 22.2 Å². The monoisotopic (exact) mass is 388 g/mol. The second-order valence-electron chi connectivity index (χ2n) is 6.08. The topological polar surface area (TPSA) is 84.0 Å². The molecule has 1 heterocycles. The molecule has 142 valence electrons. The van der Waals surface area contributed by atoms with E-state index in [0.29, 0.717) is 30.7 Å².